The largest absolute Gasteiger partial charge is 0.314 e. The number of hydrogen-bond acceptors (Lipinski definition) is 2. The van der Waals surface area contributed by atoms with Gasteiger partial charge in [-0.05, 0) is 52.6 Å². The highest BCUT2D eigenvalue weighted by atomic mass is 15.2. The van der Waals surface area contributed by atoms with Crippen molar-refractivity contribution in [2.45, 2.75) is 63.6 Å². The van der Waals surface area contributed by atoms with E-state index in [1.54, 1.807) is 0 Å². The molecule has 2 aliphatic rings. The minimum atomic E-state index is 0.755. The average molecular weight is 222 g/mol. The molecule has 0 spiro atoms. The van der Waals surface area contributed by atoms with E-state index in [1.165, 1.54) is 37.7 Å². The number of hydrogen-bond donors (Lipinski definition) is 1. The summed E-state index contributed by atoms with van der Waals surface area (Å²) in [5.41, 5.74) is 1.29. The van der Waals surface area contributed by atoms with Gasteiger partial charge in [0.15, 0.2) is 0 Å². The van der Waals surface area contributed by atoms with Crippen LogP contribution >= 0.6 is 0 Å². The summed E-state index contributed by atoms with van der Waals surface area (Å²) in [6.07, 6.45) is 8.09. The van der Waals surface area contributed by atoms with Crippen molar-refractivity contribution < 1.29 is 0 Å². The van der Waals surface area contributed by atoms with E-state index in [0.717, 1.165) is 31.1 Å². The molecule has 0 aromatic rings. The zero-order valence-electron chi connectivity index (χ0n) is 10.8. The first kappa shape index (κ1) is 12.1. The molecule has 2 nitrogen and oxygen atoms in total. The van der Waals surface area contributed by atoms with Gasteiger partial charge in [-0.3, -0.25) is 0 Å². The monoisotopic (exact) mass is 222 g/mol. The van der Waals surface area contributed by atoms with Gasteiger partial charge in [-0.25, -0.2) is 0 Å². The number of rotatable bonds is 4. The van der Waals surface area contributed by atoms with Crippen molar-refractivity contribution in [1.82, 2.24) is 10.2 Å². The lowest BCUT2D eigenvalue weighted by atomic mass is 9.82. The first-order valence-electron chi connectivity index (χ1n) is 6.76. The van der Waals surface area contributed by atoms with Gasteiger partial charge >= 0.3 is 0 Å². The van der Waals surface area contributed by atoms with Gasteiger partial charge < -0.3 is 10.2 Å². The van der Waals surface area contributed by atoms with Crippen LogP contribution in [0.3, 0.4) is 0 Å². The highest BCUT2D eigenvalue weighted by molar-refractivity contribution is 4.94. The molecule has 2 unspecified atom stereocenters. The lowest BCUT2D eigenvalue weighted by Gasteiger charge is -2.47. The quantitative estimate of drug-likeness (QED) is 0.735. The summed E-state index contributed by atoms with van der Waals surface area (Å²) in [6, 6.07) is 2.44. The molecule has 0 saturated carbocycles. The van der Waals surface area contributed by atoms with Crippen LogP contribution in [-0.2, 0) is 0 Å². The second-order valence-electron chi connectivity index (χ2n) is 5.73. The first-order chi connectivity index (χ1) is 7.66. The summed E-state index contributed by atoms with van der Waals surface area (Å²) in [7, 11) is 2.32. The maximum absolute atomic E-state index is 3.96. The summed E-state index contributed by atoms with van der Waals surface area (Å²) in [5.74, 6) is 0. The van der Waals surface area contributed by atoms with Gasteiger partial charge in [-0.2, -0.15) is 0 Å². The molecule has 2 saturated heterocycles. The molecule has 92 valence electrons. The third kappa shape index (κ3) is 2.86. The summed E-state index contributed by atoms with van der Waals surface area (Å²) in [6.45, 7) is 7.19. The molecule has 2 bridgehead atoms. The van der Waals surface area contributed by atoms with Crippen molar-refractivity contribution in [1.29, 1.82) is 0 Å². The molecule has 1 N–H and O–H groups in total. The Morgan fingerprint density at radius 1 is 1.31 bits per heavy atom. The molecule has 2 heteroatoms. The molecule has 0 radical (unpaired) electrons. The Bertz CT molecular complexity index is 235. The number of piperidine rings is 2. The van der Waals surface area contributed by atoms with E-state index in [0.29, 0.717) is 0 Å². The van der Waals surface area contributed by atoms with Crippen LogP contribution in [0.15, 0.2) is 12.2 Å². The van der Waals surface area contributed by atoms with E-state index in [9.17, 15) is 0 Å². The van der Waals surface area contributed by atoms with Crippen molar-refractivity contribution >= 4 is 0 Å². The molecule has 0 aromatic heterocycles. The van der Waals surface area contributed by atoms with E-state index < -0.39 is 0 Å². The summed E-state index contributed by atoms with van der Waals surface area (Å²) >= 11 is 0. The van der Waals surface area contributed by atoms with Gasteiger partial charge in [0, 0.05) is 18.1 Å². The van der Waals surface area contributed by atoms with Crippen LogP contribution in [0.5, 0.6) is 0 Å². The maximum atomic E-state index is 3.96. The van der Waals surface area contributed by atoms with Gasteiger partial charge in [0.25, 0.3) is 0 Å². The minimum absolute atomic E-state index is 0.755. The molecule has 2 aliphatic heterocycles. The second kappa shape index (κ2) is 5.33. The lowest BCUT2D eigenvalue weighted by Crippen LogP contribution is -2.54. The van der Waals surface area contributed by atoms with Gasteiger partial charge in [0.2, 0.25) is 0 Å². The fraction of sp³-hybridized carbons (Fsp3) is 0.857. The van der Waals surface area contributed by atoms with Crippen LogP contribution in [0.2, 0.25) is 0 Å². The molecular weight excluding hydrogens is 196 g/mol. The summed E-state index contributed by atoms with van der Waals surface area (Å²) in [4.78, 5) is 2.63. The van der Waals surface area contributed by atoms with Crippen LogP contribution in [0.4, 0.5) is 0 Å². The lowest BCUT2D eigenvalue weighted by molar-refractivity contribution is 0.0488. The fourth-order valence-electron chi connectivity index (χ4n) is 3.27. The van der Waals surface area contributed by atoms with Crippen molar-refractivity contribution in [3.05, 3.63) is 12.2 Å². The summed E-state index contributed by atoms with van der Waals surface area (Å²) in [5, 5.41) is 3.71. The Morgan fingerprint density at radius 2 is 1.94 bits per heavy atom. The summed E-state index contributed by atoms with van der Waals surface area (Å²) < 4.78 is 0. The number of nitrogens with zero attached hydrogens (tertiary/aromatic N) is 1. The Balaban J connectivity index is 1.78. The normalized spacial score (nSPS) is 35.0. The van der Waals surface area contributed by atoms with Gasteiger partial charge in [-0.15, -0.1) is 6.58 Å². The molecule has 2 rings (SSSR count). The number of nitrogens with one attached hydrogen (secondary N) is 1. The van der Waals surface area contributed by atoms with Gasteiger partial charge in [0.1, 0.15) is 0 Å². The molecule has 0 aliphatic carbocycles. The minimum Gasteiger partial charge on any atom is -0.314 e. The van der Waals surface area contributed by atoms with E-state index >= 15 is 0 Å². The van der Waals surface area contributed by atoms with Crippen molar-refractivity contribution in [3.63, 3.8) is 0 Å². The van der Waals surface area contributed by atoms with Crippen LogP contribution in [0, 0.1) is 0 Å². The van der Waals surface area contributed by atoms with Gasteiger partial charge in [0.05, 0.1) is 0 Å². The Labute approximate surface area is 100 Å². The molecule has 0 amide bonds. The third-order valence-corrected chi connectivity index (χ3v) is 4.32. The fourth-order valence-corrected chi connectivity index (χ4v) is 3.27. The van der Waals surface area contributed by atoms with E-state index in [2.05, 4.69) is 30.8 Å². The zero-order valence-corrected chi connectivity index (χ0v) is 10.8. The van der Waals surface area contributed by atoms with Crippen molar-refractivity contribution in [3.8, 4) is 0 Å². The highest BCUT2D eigenvalue weighted by Crippen LogP contribution is 2.32. The SMILES string of the molecule is C=C(C)CCNC1CC2CCCC(C1)N2C. The maximum Gasteiger partial charge on any atom is 0.0110 e. The van der Waals surface area contributed by atoms with Crippen LogP contribution in [0.1, 0.15) is 45.4 Å². The highest BCUT2D eigenvalue weighted by Gasteiger charge is 2.35. The smallest absolute Gasteiger partial charge is 0.0110 e. The Kier molecular flexibility index (Phi) is 4.04. The van der Waals surface area contributed by atoms with Crippen LogP contribution in [0.25, 0.3) is 0 Å². The zero-order chi connectivity index (χ0) is 11.5. The van der Waals surface area contributed by atoms with E-state index in [1.807, 2.05) is 0 Å². The predicted octanol–water partition coefficient (Wildman–Crippen LogP) is 2.56. The van der Waals surface area contributed by atoms with E-state index in [-0.39, 0.29) is 0 Å². The molecule has 16 heavy (non-hydrogen) atoms. The topological polar surface area (TPSA) is 15.3 Å². The molecule has 2 heterocycles. The van der Waals surface area contributed by atoms with Crippen LogP contribution < -0.4 is 5.32 Å². The molecular formula is C14H26N2. The van der Waals surface area contributed by atoms with Crippen LogP contribution in [-0.4, -0.2) is 36.6 Å². The second-order valence-corrected chi connectivity index (χ2v) is 5.73. The molecule has 0 aromatic carbocycles. The van der Waals surface area contributed by atoms with Crippen molar-refractivity contribution in [2.75, 3.05) is 13.6 Å². The van der Waals surface area contributed by atoms with E-state index in [4.69, 9.17) is 0 Å². The molecule has 2 atom stereocenters. The molecule has 2 fully saturated rings. The van der Waals surface area contributed by atoms with Crippen molar-refractivity contribution in [2.24, 2.45) is 0 Å². The van der Waals surface area contributed by atoms with Gasteiger partial charge in [-0.1, -0.05) is 12.0 Å². The number of fused-ring (bicyclic) bond motifs is 2. The predicted molar refractivity (Wildman–Crippen MR) is 69.6 cm³/mol. The first-order valence-corrected chi connectivity index (χ1v) is 6.76. The Morgan fingerprint density at radius 3 is 2.50 bits per heavy atom. The standard InChI is InChI=1S/C14H26N2/c1-11(2)7-8-15-12-9-13-5-4-6-14(10-12)16(13)3/h12-15H,1,4-10H2,2-3H3. The third-order valence-electron chi connectivity index (χ3n) is 4.32. The average Bonchev–Trinajstić information content (AvgIpc) is 2.18. The Hall–Kier alpha value is -0.340.